The van der Waals surface area contributed by atoms with Crippen LogP contribution in [0.4, 0.5) is 5.69 Å². The Morgan fingerprint density at radius 2 is 1.92 bits per heavy atom. The minimum Gasteiger partial charge on any atom is -0.480 e. The van der Waals surface area contributed by atoms with E-state index in [-0.39, 0.29) is 24.9 Å². The largest absolute Gasteiger partial charge is 0.480 e. The Labute approximate surface area is 162 Å². The molecule has 26 heavy (non-hydrogen) atoms. The van der Waals surface area contributed by atoms with Crippen LogP contribution in [0.3, 0.4) is 0 Å². The molecule has 1 aromatic carbocycles. The van der Waals surface area contributed by atoms with Gasteiger partial charge in [0.2, 0.25) is 5.91 Å². The summed E-state index contributed by atoms with van der Waals surface area (Å²) >= 11 is 0. The molecule has 0 aliphatic carbocycles. The maximum absolute atomic E-state index is 12.3. The Balaban J connectivity index is 0.00000338. The van der Waals surface area contributed by atoms with Crippen LogP contribution in [0.5, 0.6) is 0 Å². The molecule has 0 atom stereocenters. The van der Waals surface area contributed by atoms with Crippen molar-refractivity contribution in [1.82, 2.24) is 9.80 Å². The standard InChI is InChI=1S/C19H29N3O3.ClH/c1-4-22(13-19(24)25)16-7-9-21(10-8-16)12-18(23)20-17-11-14(2)5-6-15(17)3;/h5-6,11,16H,4,7-10,12-13H2,1-3H3,(H,20,23)(H,24,25);1H. The van der Waals surface area contributed by atoms with Gasteiger partial charge in [0, 0.05) is 24.8 Å². The quantitative estimate of drug-likeness (QED) is 0.757. The minimum absolute atomic E-state index is 0. The summed E-state index contributed by atoms with van der Waals surface area (Å²) in [6.07, 6.45) is 1.80. The molecule has 1 fully saturated rings. The van der Waals surface area contributed by atoms with E-state index in [1.54, 1.807) is 0 Å². The molecule has 0 saturated carbocycles. The third-order valence-corrected chi connectivity index (χ3v) is 4.85. The molecule has 1 saturated heterocycles. The van der Waals surface area contributed by atoms with Gasteiger partial charge in [-0.05, 0) is 50.4 Å². The van der Waals surface area contributed by atoms with Crippen molar-refractivity contribution < 1.29 is 14.7 Å². The van der Waals surface area contributed by atoms with Crippen LogP contribution in [-0.2, 0) is 9.59 Å². The van der Waals surface area contributed by atoms with E-state index in [2.05, 4.69) is 10.2 Å². The summed E-state index contributed by atoms with van der Waals surface area (Å²) in [4.78, 5) is 27.4. The number of aryl methyl sites for hydroxylation is 2. The predicted molar refractivity (Wildman–Crippen MR) is 106 cm³/mol. The third kappa shape index (κ3) is 6.59. The summed E-state index contributed by atoms with van der Waals surface area (Å²) in [5.41, 5.74) is 3.06. The maximum atomic E-state index is 12.3. The maximum Gasteiger partial charge on any atom is 0.317 e. The highest BCUT2D eigenvalue weighted by molar-refractivity contribution is 5.93. The molecule has 0 unspecified atom stereocenters. The van der Waals surface area contributed by atoms with Crippen LogP contribution in [0.15, 0.2) is 18.2 Å². The Morgan fingerprint density at radius 3 is 2.50 bits per heavy atom. The first-order valence-corrected chi connectivity index (χ1v) is 8.94. The van der Waals surface area contributed by atoms with Crippen molar-refractivity contribution in [2.45, 2.75) is 39.7 Å². The van der Waals surface area contributed by atoms with Gasteiger partial charge in [-0.3, -0.25) is 19.4 Å². The van der Waals surface area contributed by atoms with Gasteiger partial charge >= 0.3 is 5.97 Å². The van der Waals surface area contributed by atoms with Crippen molar-refractivity contribution >= 4 is 30.0 Å². The van der Waals surface area contributed by atoms with Crippen LogP contribution in [0.1, 0.15) is 30.9 Å². The zero-order chi connectivity index (χ0) is 18.4. The number of rotatable bonds is 7. The van der Waals surface area contributed by atoms with E-state index in [1.807, 2.05) is 43.9 Å². The predicted octanol–water partition coefficient (Wildman–Crippen LogP) is 2.53. The molecule has 0 bridgehead atoms. The number of likely N-dealkylation sites (N-methyl/N-ethyl adjacent to an activating group) is 1. The average Bonchev–Trinajstić information content (AvgIpc) is 2.56. The van der Waals surface area contributed by atoms with Crippen LogP contribution in [0.2, 0.25) is 0 Å². The number of aliphatic carboxylic acids is 1. The Hall–Kier alpha value is -1.63. The zero-order valence-corrected chi connectivity index (χ0v) is 16.6. The van der Waals surface area contributed by atoms with Gasteiger partial charge in [0.05, 0.1) is 13.1 Å². The molecule has 0 radical (unpaired) electrons. The number of carbonyl (C=O) groups excluding carboxylic acids is 1. The second kappa shape index (κ2) is 10.5. The Morgan fingerprint density at radius 1 is 1.27 bits per heavy atom. The van der Waals surface area contributed by atoms with E-state index in [0.29, 0.717) is 12.6 Å². The minimum atomic E-state index is -0.780. The number of carboxylic acid groups (broad SMARTS) is 1. The van der Waals surface area contributed by atoms with Crippen LogP contribution in [0.25, 0.3) is 0 Å². The monoisotopic (exact) mass is 383 g/mol. The van der Waals surface area contributed by atoms with E-state index in [1.165, 1.54) is 0 Å². The summed E-state index contributed by atoms with van der Waals surface area (Å²) in [5.74, 6) is -0.776. The van der Waals surface area contributed by atoms with Gasteiger partial charge in [-0.2, -0.15) is 0 Å². The normalized spacial score (nSPS) is 15.5. The van der Waals surface area contributed by atoms with Gasteiger partial charge in [-0.25, -0.2) is 0 Å². The van der Waals surface area contributed by atoms with E-state index < -0.39 is 5.97 Å². The average molecular weight is 384 g/mol. The number of likely N-dealkylation sites (tertiary alicyclic amines) is 1. The lowest BCUT2D eigenvalue weighted by Crippen LogP contribution is -2.48. The molecule has 1 aliphatic heterocycles. The molecule has 1 aliphatic rings. The Bertz CT molecular complexity index is 616. The van der Waals surface area contributed by atoms with Crippen molar-refractivity contribution in [1.29, 1.82) is 0 Å². The number of nitrogens with zero attached hydrogens (tertiary/aromatic N) is 2. The second-order valence-corrected chi connectivity index (χ2v) is 6.83. The number of anilines is 1. The van der Waals surface area contributed by atoms with E-state index in [9.17, 15) is 9.59 Å². The van der Waals surface area contributed by atoms with Crippen LogP contribution in [-0.4, -0.2) is 65.5 Å². The molecule has 2 N–H and O–H groups in total. The van der Waals surface area contributed by atoms with Gasteiger partial charge in [0.1, 0.15) is 0 Å². The lowest BCUT2D eigenvalue weighted by molar-refractivity contribution is -0.139. The van der Waals surface area contributed by atoms with Crippen LogP contribution >= 0.6 is 12.4 Å². The summed E-state index contributed by atoms with van der Waals surface area (Å²) < 4.78 is 0. The third-order valence-electron chi connectivity index (χ3n) is 4.85. The van der Waals surface area contributed by atoms with Gasteiger partial charge in [0.15, 0.2) is 0 Å². The lowest BCUT2D eigenvalue weighted by Gasteiger charge is -2.37. The number of halogens is 1. The fraction of sp³-hybridized carbons (Fsp3) is 0.579. The molecule has 146 valence electrons. The molecule has 1 aromatic rings. The SMILES string of the molecule is CCN(CC(=O)O)C1CCN(CC(=O)Nc2cc(C)ccc2C)CC1.Cl. The number of piperidine rings is 1. The molecule has 1 amide bonds. The number of hydrogen-bond donors (Lipinski definition) is 2. The number of nitrogens with one attached hydrogen (secondary N) is 1. The smallest absolute Gasteiger partial charge is 0.317 e. The fourth-order valence-electron chi connectivity index (χ4n) is 3.38. The molecular weight excluding hydrogens is 354 g/mol. The van der Waals surface area contributed by atoms with Crippen molar-refractivity contribution in [3.8, 4) is 0 Å². The molecule has 0 aromatic heterocycles. The van der Waals surface area contributed by atoms with Gasteiger partial charge in [-0.1, -0.05) is 19.1 Å². The van der Waals surface area contributed by atoms with Gasteiger partial charge < -0.3 is 10.4 Å². The van der Waals surface area contributed by atoms with Crippen molar-refractivity contribution in [3.63, 3.8) is 0 Å². The number of hydrogen-bond acceptors (Lipinski definition) is 4. The summed E-state index contributed by atoms with van der Waals surface area (Å²) in [7, 11) is 0. The zero-order valence-electron chi connectivity index (χ0n) is 15.8. The van der Waals surface area contributed by atoms with Gasteiger partial charge in [0.25, 0.3) is 0 Å². The van der Waals surface area contributed by atoms with Crippen LogP contribution < -0.4 is 5.32 Å². The first-order valence-electron chi connectivity index (χ1n) is 8.94. The van der Waals surface area contributed by atoms with Crippen molar-refractivity contribution in [3.05, 3.63) is 29.3 Å². The fourth-order valence-corrected chi connectivity index (χ4v) is 3.38. The first kappa shape index (κ1) is 22.4. The number of amides is 1. The first-order chi connectivity index (χ1) is 11.9. The molecule has 2 rings (SSSR count). The number of benzene rings is 1. The summed E-state index contributed by atoms with van der Waals surface area (Å²) in [5, 5.41) is 12.0. The lowest BCUT2D eigenvalue weighted by atomic mass is 10.0. The highest BCUT2D eigenvalue weighted by atomic mass is 35.5. The molecule has 1 heterocycles. The van der Waals surface area contributed by atoms with E-state index >= 15 is 0 Å². The molecular formula is C19H30ClN3O3. The molecule has 0 spiro atoms. The van der Waals surface area contributed by atoms with Crippen LogP contribution in [0, 0.1) is 13.8 Å². The van der Waals surface area contributed by atoms with Gasteiger partial charge in [-0.15, -0.1) is 12.4 Å². The molecule has 7 heteroatoms. The Kier molecular flexibility index (Phi) is 9.05. The topological polar surface area (TPSA) is 72.9 Å². The number of carbonyl (C=O) groups is 2. The summed E-state index contributed by atoms with van der Waals surface area (Å²) in [6.45, 7) is 8.84. The highest BCUT2D eigenvalue weighted by Crippen LogP contribution is 2.18. The summed E-state index contributed by atoms with van der Waals surface area (Å²) in [6, 6.07) is 6.33. The number of carboxylic acids is 1. The van der Waals surface area contributed by atoms with E-state index in [4.69, 9.17) is 5.11 Å². The van der Waals surface area contributed by atoms with Crippen molar-refractivity contribution in [2.75, 3.05) is 38.0 Å². The van der Waals surface area contributed by atoms with Crippen molar-refractivity contribution in [2.24, 2.45) is 0 Å². The second-order valence-electron chi connectivity index (χ2n) is 6.83. The highest BCUT2D eigenvalue weighted by Gasteiger charge is 2.25. The molecule has 6 nitrogen and oxygen atoms in total. The van der Waals surface area contributed by atoms with E-state index in [0.717, 1.165) is 49.3 Å².